The van der Waals surface area contributed by atoms with Gasteiger partial charge in [-0.3, -0.25) is 0 Å². The van der Waals surface area contributed by atoms with Crippen LogP contribution in [0.5, 0.6) is 0 Å². The van der Waals surface area contributed by atoms with E-state index in [4.69, 9.17) is 10.9 Å². The van der Waals surface area contributed by atoms with Crippen LogP contribution in [0.1, 0.15) is 5.56 Å². The Kier molecular flexibility index (Phi) is 3.10. The molecule has 0 saturated heterocycles. The Morgan fingerprint density at radius 2 is 1.88 bits per heavy atom. The van der Waals surface area contributed by atoms with Crippen LogP contribution in [0.3, 0.4) is 0 Å². The lowest BCUT2D eigenvalue weighted by atomic mass is 10.0. The highest BCUT2D eigenvalue weighted by Crippen LogP contribution is 2.24. The van der Waals surface area contributed by atoms with Gasteiger partial charge in [0, 0.05) is 10.9 Å². The number of nitrogens with zero attached hydrogens (tertiary/aromatic N) is 1. The Morgan fingerprint density at radius 3 is 2.50 bits per heavy atom. The molecule has 3 N–H and O–H groups in total. The molecule has 0 aromatic heterocycles. The third kappa shape index (κ3) is 2.17. The van der Waals surface area contributed by atoms with Gasteiger partial charge in [-0.05, 0) is 28.5 Å². The first-order chi connectivity index (χ1) is 7.70. The number of benzene rings is 2. The van der Waals surface area contributed by atoms with Gasteiger partial charge in [0.15, 0.2) is 0 Å². The van der Waals surface area contributed by atoms with Crippen molar-refractivity contribution in [2.24, 2.45) is 10.9 Å². The second-order valence-electron chi connectivity index (χ2n) is 3.56. The zero-order chi connectivity index (χ0) is 11.5. The molecule has 0 heterocycles. The average molecular weight is 279 g/mol. The lowest BCUT2D eigenvalue weighted by Crippen LogP contribution is -2.14. The molecule has 0 saturated carbocycles. The zero-order valence-electron chi connectivity index (χ0n) is 8.52. The maximum Gasteiger partial charge on any atom is 0.143 e. The van der Waals surface area contributed by atoms with E-state index in [1.165, 1.54) is 0 Å². The molecule has 0 fully saturated rings. The normalized spacial score (nSPS) is 11.9. The summed E-state index contributed by atoms with van der Waals surface area (Å²) < 4.78 is 0.970. The van der Waals surface area contributed by atoms with Crippen LogP contribution >= 0.6 is 15.9 Å². The highest BCUT2D eigenvalue weighted by atomic mass is 79.9. The van der Waals surface area contributed by atoms with E-state index in [1.807, 2.05) is 36.4 Å². The SMILES string of the molecule is N/C(Cc1cc2ccccc2cc1Br)=N/O. The van der Waals surface area contributed by atoms with E-state index >= 15 is 0 Å². The predicted octanol–water partition coefficient (Wildman–Crippen LogP) is 2.89. The van der Waals surface area contributed by atoms with E-state index in [1.54, 1.807) is 0 Å². The summed E-state index contributed by atoms with van der Waals surface area (Å²) in [6.45, 7) is 0. The molecule has 2 rings (SSSR count). The van der Waals surface area contributed by atoms with Crippen LogP contribution < -0.4 is 5.73 Å². The molecule has 82 valence electrons. The van der Waals surface area contributed by atoms with Crippen molar-refractivity contribution in [1.29, 1.82) is 0 Å². The van der Waals surface area contributed by atoms with Crippen molar-refractivity contribution in [3.8, 4) is 0 Å². The van der Waals surface area contributed by atoms with Crippen LogP contribution in [0, 0.1) is 0 Å². The maximum absolute atomic E-state index is 8.55. The summed E-state index contributed by atoms with van der Waals surface area (Å²) in [5.41, 5.74) is 6.51. The lowest BCUT2D eigenvalue weighted by molar-refractivity contribution is 0.317. The zero-order valence-corrected chi connectivity index (χ0v) is 10.1. The van der Waals surface area contributed by atoms with Gasteiger partial charge in [0.2, 0.25) is 0 Å². The van der Waals surface area contributed by atoms with Crippen molar-refractivity contribution in [3.63, 3.8) is 0 Å². The molecule has 3 nitrogen and oxygen atoms in total. The van der Waals surface area contributed by atoms with Gasteiger partial charge in [0.1, 0.15) is 5.84 Å². The molecular weight excluding hydrogens is 268 g/mol. The van der Waals surface area contributed by atoms with Crippen molar-refractivity contribution >= 4 is 32.5 Å². The smallest absolute Gasteiger partial charge is 0.143 e. The van der Waals surface area contributed by atoms with Crippen LogP contribution in [0.2, 0.25) is 0 Å². The first-order valence-electron chi connectivity index (χ1n) is 4.84. The Labute approximate surface area is 102 Å². The van der Waals surface area contributed by atoms with E-state index in [2.05, 4.69) is 21.1 Å². The number of hydrogen-bond acceptors (Lipinski definition) is 2. The van der Waals surface area contributed by atoms with Crippen molar-refractivity contribution < 1.29 is 5.21 Å². The first kappa shape index (κ1) is 11.0. The fourth-order valence-electron chi connectivity index (χ4n) is 1.63. The third-order valence-corrected chi connectivity index (χ3v) is 3.15. The molecule has 0 radical (unpaired) electrons. The van der Waals surface area contributed by atoms with E-state index in [0.29, 0.717) is 6.42 Å². The third-order valence-electron chi connectivity index (χ3n) is 2.41. The van der Waals surface area contributed by atoms with Crippen molar-refractivity contribution in [2.75, 3.05) is 0 Å². The van der Waals surface area contributed by atoms with Crippen LogP contribution in [0.4, 0.5) is 0 Å². The van der Waals surface area contributed by atoms with Gasteiger partial charge in [0.25, 0.3) is 0 Å². The molecule has 0 aliphatic rings. The summed E-state index contributed by atoms with van der Waals surface area (Å²) in [4.78, 5) is 0. The number of hydrogen-bond donors (Lipinski definition) is 2. The van der Waals surface area contributed by atoms with Gasteiger partial charge in [0.05, 0.1) is 0 Å². The second kappa shape index (κ2) is 4.53. The average Bonchev–Trinajstić information content (AvgIpc) is 2.30. The molecule has 0 unspecified atom stereocenters. The van der Waals surface area contributed by atoms with Gasteiger partial charge in [-0.1, -0.05) is 45.4 Å². The largest absolute Gasteiger partial charge is 0.409 e. The van der Waals surface area contributed by atoms with Gasteiger partial charge >= 0.3 is 0 Å². The number of fused-ring (bicyclic) bond motifs is 1. The molecule has 0 bridgehead atoms. The summed E-state index contributed by atoms with van der Waals surface area (Å²) in [5, 5.41) is 13.8. The lowest BCUT2D eigenvalue weighted by Gasteiger charge is -2.06. The second-order valence-corrected chi connectivity index (χ2v) is 4.41. The minimum atomic E-state index is 0.205. The monoisotopic (exact) mass is 278 g/mol. The number of oxime groups is 1. The van der Waals surface area contributed by atoms with Crippen LogP contribution in [-0.2, 0) is 6.42 Å². The molecule has 2 aromatic rings. The molecule has 4 heteroatoms. The first-order valence-corrected chi connectivity index (χ1v) is 5.63. The van der Waals surface area contributed by atoms with E-state index in [0.717, 1.165) is 20.8 Å². The summed E-state index contributed by atoms with van der Waals surface area (Å²) in [7, 11) is 0. The molecule has 0 atom stereocenters. The summed E-state index contributed by atoms with van der Waals surface area (Å²) in [6, 6.07) is 12.2. The molecule has 2 aromatic carbocycles. The molecule has 16 heavy (non-hydrogen) atoms. The standard InChI is InChI=1S/C12H11BrN2O/c13-11-6-9-4-2-1-3-8(9)5-10(11)7-12(14)15-16/h1-6,16H,7H2,(H2,14,15). The fraction of sp³-hybridized carbons (Fsp3) is 0.0833. The van der Waals surface area contributed by atoms with Gasteiger partial charge in [-0.25, -0.2) is 0 Å². The van der Waals surface area contributed by atoms with Crippen molar-refractivity contribution in [2.45, 2.75) is 6.42 Å². The topological polar surface area (TPSA) is 58.6 Å². The molecule has 0 aliphatic heterocycles. The van der Waals surface area contributed by atoms with Crippen molar-refractivity contribution in [1.82, 2.24) is 0 Å². The van der Waals surface area contributed by atoms with Crippen LogP contribution in [0.15, 0.2) is 46.0 Å². The van der Waals surface area contributed by atoms with Crippen LogP contribution in [0.25, 0.3) is 10.8 Å². The summed E-state index contributed by atoms with van der Waals surface area (Å²) >= 11 is 3.48. The van der Waals surface area contributed by atoms with Gasteiger partial charge in [-0.2, -0.15) is 0 Å². The maximum atomic E-state index is 8.55. The number of nitrogens with two attached hydrogens (primary N) is 1. The van der Waals surface area contributed by atoms with Gasteiger partial charge < -0.3 is 10.9 Å². The van der Waals surface area contributed by atoms with Crippen LogP contribution in [-0.4, -0.2) is 11.0 Å². The molecule has 0 aliphatic carbocycles. The minimum Gasteiger partial charge on any atom is -0.409 e. The quantitative estimate of drug-likeness (QED) is 0.384. The van der Waals surface area contributed by atoms with E-state index < -0.39 is 0 Å². The van der Waals surface area contributed by atoms with Gasteiger partial charge in [-0.15, -0.1) is 0 Å². The van der Waals surface area contributed by atoms with E-state index in [-0.39, 0.29) is 5.84 Å². The predicted molar refractivity (Wildman–Crippen MR) is 68.8 cm³/mol. The highest BCUT2D eigenvalue weighted by Gasteiger charge is 2.04. The Bertz CT molecular complexity index is 552. The summed E-state index contributed by atoms with van der Waals surface area (Å²) in [5.74, 6) is 0.205. The summed E-state index contributed by atoms with van der Waals surface area (Å²) in [6.07, 6.45) is 0.432. The Balaban J connectivity index is 2.50. The Hall–Kier alpha value is -1.55. The number of halogens is 1. The van der Waals surface area contributed by atoms with Crippen molar-refractivity contribution in [3.05, 3.63) is 46.4 Å². The number of amidine groups is 1. The number of rotatable bonds is 2. The Morgan fingerprint density at radius 1 is 1.25 bits per heavy atom. The molecule has 0 amide bonds. The minimum absolute atomic E-state index is 0.205. The molecule has 0 spiro atoms. The fourth-order valence-corrected chi connectivity index (χ4v) is 2.13. The highest BCUT2D eigenvalue weighted by molar-refractivity contribution is 9.10. The molecular formula is C12H11BrN2O. The van der Waals surface area contributed by atoms with E-state index in [9.17, 15) is 0 Å².